The lowest BCUT2D eigenvalue weighted by Crippen LogP contribution is -1.98. The van der Waals surface area contributed by atoms with Crippen LogP contribution in [0.1, 0.15) is 72.1 Å². The first kappa shape index (κ1) is 13.0. The fourth-order valence-electron chi connectivity index (χ4n) is 1.86. The summed E-state index contributed by atoms with van der Waals surface area (Å²) < 4.78 is 0. The van der Waals surface area contributed by atoms with Gasteiger partial charge in [0.05, 0.1) is 0 Å². The van der Waals surface area contributed by atoms with E-state index < -0.39 is 0 Å². The molecule has 0 nitrogen and oxygen atoms in total. The van der Waals surface area contributed by atoms with Gasteiger partial charge in [-0.3, -0.25) is 0 Å². The van der Waals surface area contributed by atoms with E-state index in [0.29, 0.717) is 0 Å². The second kappa shape index (κ2) is 10.1. The van der Waals surface area contributed by atoms with Crippen LogP contribution in [0, 0.1) is 12.3 Å². The minimum atomic E-state index is 0.964. The molecule has 1 unspecified atom stereocenters. The Kier molecular flexibility index (Phi) is 10.1. The van der Waals surface area contributed by atoms with E-state index in [1.54, 1.807) is 0 Å². The number of hydrogen-bond acceptors (Lipinski definition) is 0. The molecule has 1 atom stereocenters. The van der Waals surface area contributed by atoms with E-state index in [0.717, 1.165) is 5.92 Å². The predicted octanol–water partition coefficient (Wildman–Crippen LogP) is 4.99. The first-order chi connectivity index (χ1) is 6.35. The van der Waals surface area contributed by atoms with Gasteiger partial charge in [0, 0.05) is 0 Å². The first-order valence-electron chi connectivity index (χ1n) is 6.12. The van der Waals surface area contributed by atoms with E-state index in [1.807, 2.05) is 0 Å². The molecule has 0 aromatic heterocycles. The molecule has 0 aromatic rings. The van der Waals surface area contributed by atoms with Crippen LogP contribution in [-0.4, -0.2) is 0 Å². The third-order valence-corrected chi connectivity index (χ3v) is 2.86. The van der Waals surface area contributed by atoms with Crippen molar-refractivity contribution in [2.45, 2.75) is 72.1 Å². The molecule has 79 valence electrons. The third kappa shape index (κ3) is 8.33. The summed E-state index contributed by atoms with van der Waals surface area (Å²) in [4.78, 5) is 0. The van der Waals surface area contributed by atoms with Gasteiger partial charge in [0.25, 0.3) is 0 Å². The molecule has 0 heteroatoms. The SMILES string of the molecule is C[CH]CC(CC)CCCCCCC. The minimum absolute atomic E-state index is 0.964. The molecule has 0 saturated heterocycles. The van der Waals surface area contributed by atoms with Crippen LogP contribution in [0.15, 0.2) is 0 Å². The van der Waals surface area contributed by atoms with Gasteiger partial charge in [-0.25, -0.2) is 0 Å². The smallest absolute Gasteiger partial charge is 0.0414 e. The zero-order valence-electron chi connectivity index (χ0n) is 9.81. The molecule has 0 fully saturated rings. The summed E-state index contributed by atoms with van der Waals surface area (Å²) in [5, 5.41) is 0. The molecule has 13 heavy (non-hydrogen) atoms. The van der Waals surface area contributed by atoms with Crippen molar-refractivity contribution in [1.82, 2.24) is 0 Å². The zero-order chi connectivity index (χ0) is 9.94. The summed E-state index contributed by atoms with van der Waals surface area (Å²) in [5.74, 6) is 0.964. The van der Waals surface area contributed by atoms with Gasteiger partial charge in [-0.1, -0.05) is 65.7 Å². The van der Waals surface area contributed by atoms with Gasteiger partial charge < -0.3 is 0 Å². The maximum absolute atomic E-state index is 2.32. The highest BCUT2D eigenvalue weighted by Gasteiger charge is 2.03. The average molecular weight is 183 g/mol. The van der Waals surface area contributed by atoms with E-state index in [9.17, 15) is 0 Å². The van der Waals surface area contributed by atoms with Gasteiger partial charge in [0.15, 0.2) is 0 Å². The maximum Gasteiger partial charge on any atom is -0.0414 e. The molecule has 0 N–H and O–H groups in total. The lowest BCUT2D eigenvalue weighted by atomic mass is 9.94. The fraction of sp³-hybridized carbons (Fsp3) is 0.923. The van der Waals surface area contributed by atoms with Crippen LogP contribution in [0.2, 0.25) is 0 Å². The van der Waals surface area contributed by atoms with Gasteiger partial charge in [-0.15, -0.1) is 0 Å². The molecule has 0 bridgehead atoms. The van der Waals surface area contributed by atoms with Crippen molar-refractivity contribution < 1.29 is 0 Å². The Labute approximate surface area is 85.1 Å². The Morgan fingerprint density at radius 3 is 2.23 bits per heavy atom. The summed E-state index contributed by atoms with van der Waals surface area (Å²) in [5.41, 5.74) is 0. The molecular weight excluding hydrogens is 156 g/mol. The molecule has 0 rings (SSSR count). The number of hydrogen-bond donors (Lipinski definition) is 0. The molecule has 0 aromatic carbocycles. The molecule has 0 amide bonds. The van der Waals surface area contributed by atoms with Crippen molar-refractivity contribution in [2.24, 2.45) is 5.92 Å². The van der Waals surface area contributed by atoms with Crippen LogP contribution in [0.3, 0.4) is 0 Å². The molecule has 0 saturated carbocycles. The molecule has 1 radical (unpaired) electrons. The highest BCUT2D eigenvalue weighted by atomic mass is 14.1. The number of unbranched alkanes of at least 4 members (excludes halogenated alkanes) is 4. The quantitative estimate of drug-likeness (QED) is 0.442. The standard InChI is InChI=1S/C13H27/c1-4-7-8-9-10-12-13(6-3)11-5-2/h5,13H,4,6-12H2,1-3H3. The maximum atomic E-state index is 2.32. The average Bonchev–Trinajstić information content (AvgIpc) is 2.16. The van der Waals surface area contributed by atoms with Crippen LogP contribution in [0.5, 0.6) is 0 Å². The first-order valence-corrected chi connectivity index (χ1v) is 6.12. The molecule has 0 spiro atoms. The monoisotopic (exact) mass is 183 g/mol. The Bertz CT molecular complexity index is 86.0. The molecular formula is C13H27. The van der Waals surface area contributed by atoms with Crippen molar-refractivity contribution in [2.75, 3.05) is 0 Å². The molecule has 0 heterocycles. The summed E-state index contributed by atoms with van der Waals surface area (Å²) in [6.45, 7) is 6.78. The molecule has 0 aliphatic rings. The Hall–Kier alpha value is 0. The Morgan fingerprint density at radius 1 is 1.00 bits per heavy atom. The highest BCUT2D eigenvalue weighted by molar-refractivity contribution is 4.65. The van der Waals surface area contributed by atoms with E-state index >= 15 is 0 Å². The highest BCUT2D eigenvalue weighted by Crippen LogP contribution is 2.18. The second-order valence-corrected chi connectivity index (χ2v) is 4.12. The van der Waals surface area contributed by atoms with Gasteiger partial charge in [-0.2, -0.15) is 0 Å². The van der Waals surface area contributed by atoms with Gasteiger partial charge >= 0.3 is 0 Å². The van der Waals surface area contributed by atoms with Gasteiger partial charge in [0.1, 0.15) is 0 Å². The van der Waals surface area contributed by atoms with Crippen LogP contribution in [0.4, 0.5) is 0 Å². The summed E-state index contributed by atoms with van der Waals surface area (Å²) in [6.07, 6.45) is 13.6. The van der Waals surface area contributed by atoms with Crippen molar-refractivity contribution in [3.05, 3.63) is 6.42 Å². The number of rotatable bonds is 9. The third-order valence-electron chi connectivity index (χ3n) is 2.86. The summed E-state index contributed by atoms with van der Waals surface area (Å²) in [6, 6.07) is 0. The zero-order valence-corrected chi connectivity index (χ0v) is 9.81. The predicted molar refractivity (Wildman–Crippen MR) is 61.7 cm³/mol. The van der Waals surface area contributed by atoms with Gasteiger partial charge in [-0.05, 0) is 18.8 Å². The fourth-order valence-corrected chi connectivity index (χ4v) is 1.86. The van der Waals surface area contributed by atoms with E-state index in [2.05, 4.69) is 27.2 Å². The van der Waals surface area contributed by atoms with Crippen LogP contribution in [-0.2, 0) is 0 Å². The van der Waals surface area contributed by atoms with Crippen molar-refractivity contribution >= 4 is 0 Å². The lowest BCUT2D eigenvalue weighted by molar-refractivity contribution is 0.434. The van der Waals surface area contributed by atoms with Crippen LogP contribution >= 0.6 is 0 Å². The Morgan fingerprint density at radius 2 is 1.69 bits per heavy atom. The van der Waals surface area contributed by atoms with Crippen molar-refractivity contribution in [1.29, 1.82) is 0 Å². The molecule has 0 aliphatic heterocycles. The largest absolute Gasteiger partial charge is 0.0654 e. The summed E-state index contributed by atoms with van der Waals surface area (Å²) >= 11 is 0. The normalized spacial score (nSPS) is 13.2. The van der Waals surface area contributed by atoms with Crippen LogP contribution < -0.4 is 0 Å². The minimum Gasteiger partial charge on any atom is -0.0654 e. The van der Waals surface area contributed by atoms with Crippen molar-refractivity contribution in [3.8, 4) is 0 Å². The van der Waals surface area contributed by atoms with E-state index in [-0.39, 0.29) is 0 Å². The van der Waals surface area contributed by atoms with Crippen molar-refractivity contribution in [3.63, 3.8) is 0 Å². The van der Waals surface area contributed by atoms with Gasteiger partial charge in [0.2, 0.25) is 0 Å². The van der Waals surface area contributed by atoms with Crippen LogP contribution in [0.25, 0.3) is 0 Å². The second-order valence-electron chi connectivity index (χ2n) is 4.12. The lowest BCUT2D eigenvalue weighted by Gasteiger charge is -2.12. The Balaban J connectivity index is 3.17. The topological polar surface area (TPSA) is 0 Å². The summed E-state index contributed by atoms with van der Waals surface area (Å²) in [7, 11) is 0. The van der Waals surface area contributed by atoms with E-state index in [4.69, 9.17) is 0 Å². The molecule has 0 aliphatic carbocycles. The van der Waals surface area contributed by atoms with E-state index in [1.165, 1.54) is 51.4 Å².